The van der Waals surface area contributed by atoms with Crippen LogP contribution in [0.15, 0.2) is 30.6 Å². The van der Waals surface area contributed by atoms with Crippen molar-refractivity contribution in [3.63, 3.8) is 0 Å². The average Bonchev–Trinajstić information content (AvgIpc) is 2.86. The minimum Gasteiger partial charge on any atom is -0.378 e. The zero-order valence-electron chi connectivity index (χ0n) is 10.4. The predicted molar refractivity (Wildman–Crippen MR) is 73.9 cm³/mol. The Bertz CT molecular complexity index is 478. The van der Waals surface area contributed by atoms with Crippen molar-refractivity contribution in [1.29, 1.82) is 0 Å². The summed E-state index contributed by atoms with van der Waals surface area (Å²) in [6.07, 6.45) is 2.50. The molecule has 0 spiro atoms. The van der Waals surface area contributed by atoms with Gasteiger partial charge in [-0.05, 0) is 31.0 Å². The minimum atomic E-state index is 0.659. The fourth-order valence-corrected chi connectivity index (χ4v) is 1.99. The summed E-state index contributed by atoms with van der Waals surface area (Å²) in [4.78, 5) is 4.22. The number of alkyl halides is 1. The lowest BCUT2D eigenvalue weighted by Gasteiger charge is -2.07. The second-order valence-electron chi connectivity index (χ2n) is 3.98. The molecule has 18 heavy (non-hydrogen) atoms. The molecule has 0 unspecified atom stereocenters. The van der Waals surface area contributed by atoms with E-state index >= 15 is 0 Å². The van der Waals surface area contributed by atoms with E-state index in [1.54, 1.807) is 6.33 Å². The molecule has 0 saturated carbocycles. The van der Waals surface area contributed by atoms with Gasteiger partial charge in [-0.3, -0.25) is 0 Å². The van der Waals surface area contributed by atoms with Crippen LogP contribution in [0.1, 0.15) is 18.3 Å². The van der Waals surface area contributed by atoms with Gasteiger partial charge in [-0.1, -0.05) is 12.1 Å². The molecule has 1 aromatic heterocycles. The SMILES string of the molecule is CCn1ncnc1CNc1ccc(CCCl)cc1. The van der Waals surface area contributed by atoms with Gasteiger partial charge in [-0.25, -0.2) is 9.67 Å². The molecule has 0 amide bonds. The van der Waals surface area contributed by atoms with E-state index in [0.717, 1.165) is 24.5 Å². The smallest absolute Gasteiger partial charge is 0.146 e. The van der Waals surface area contributed by atoms with Crippen LogP contribution in [-0.4, -0.2) is 20.6 Å². The molecule has 96 valence electrons. The molecule has 1 heterocycles. The number of aromatic nitrogens is 3. The highest BCUT2D eigenvalue weighted by atomic mass is 35.5. The lowest BCUT2D eigenvalue weighted by molar-refractivity contribution is 0.622. The highest BCUT2D eigenvalue weighted by molar-refractivity contribution is 6.17. The van der Waals surface area contributed by atoms with E-state index in [0.29, 0.717) is 12.4 Å². The van der Waals surface area contributed by atoms with E-state index in [2.05, 4.69) is 46.6 Å². The molecule has 1 N–H and O–H groups in total. The fraction of sp³-hybridized carbons (Fsp3) is 0.385. The summed E-state index contributed by atoms with van der Waals surface area (Å²) in [7, 11) is 0. The summed E-state index contributed by atoms with van der Waals surface area (Å²) in [6.45, 7) is 3.58. The lowest BCUT2D eigenvalue weighted by atomic mass is 10.1. The molecular formula is C13H17ClN4. The Hall–Kier alpha value is -1.55. The Balaban J connectivity index is 1.94. The average molecular weight is 265 g/mol. The predicted octanol–water partition coefficient (Wildman–Crippen LogP) is 2.69. The number of anilines is 1. The van der Waals surface area contributed by atoms with Crippen molar-refractivity contribution >= 4 is 17.3 Å². The standard InChI is InChI=1S/C13H17ClN4/c1-2-18-13(16-10-17-18)9-15-12-5-3-11(4-6-12)7-8-14/h3-6,10,15H,2,7-9H2,1H3. The zero-order chi connectivity index (χ0) is 12.8. The fourth-order valence-electron chi connectivity index (χ4n) is 1.77. The zero-order valence-corrected chi connectivity index (χ0v) is 11.2. The molecule has 2 rings (SSSR count). The Kier molecular flexibility index (Phi) is 4.59. The first-order valence-electron chi connectivity index (χ1n) is 6.09. The van der Waals surface area contributed by atoms with Gasteiger partial charge in [0, 0.05) is 18.1 Å². The maximum absolute atomic E-state index is 5.70. The van der Waals surface area contributed by atoms with Gasteiger partial charge in [0.25, 0.3) is 0 Å². The van der Waals surface area contributed by atoms with Crippen molar-refractivity contribution in [3.05, 3.63) is 42.0 Å². The molecule has 2 aromatic rings. The van der Waals surface area contributed by atoms with Crippen LogP contribution in [0.2, 0.25) is 0 Å². The first-order chi connectivity index (χ1) is 8.83. The summed E-state index contributed by atoms with van der Waals surface area (Å²) in [5.74, 6) is 1.61. The third-order valence-corrected chi connectivity index (χ3v) is 2.97. The second-order valence-corrected chi connectivity index (χ2v) is 4.36. The molecule has 5 heteroatoms. The molecule has 0 fully saturated rings. The van der Waals surface area contributed by atoms with Crippen LogP contribution in [0, 0.1) is 0 Å². The number of benzene rings is 1. The van der Waals surface area contributed by atoms with E-state index in [1.807, 2.05) is 4.68 Å². The Morgan fingerprint density at radius 2 is 2.06 bits per heavy atom. The molecule has 0 aliphatic carbocycles. The van der Waals surface area contributed by atoms with Crippen molar-refractivity contribution in [3.8, 4) is 0 Å². The molecule has 1 aromatic carbocycles. The molecule has 0 bridgehead atoms. The first-order valence-corrected chi connectivity index (χ1v) is 6.62. The van der Waals surface area contributed by atoms with Crippen molar-refractivity contribution in [1.82, 2.24) is 14.8 Å². The first kappa shape index (κ1) is 12.9. The van der Waals surface area contributed by atoms with Crippen LogP contribution in [0.4, 0.5) is 5.69 Å². The maximum atomic E-state index is 5.70. The molecular weight excluding hydrogens is 248 g/mol. The normalized spacial score (nSPS) is 10.6. The molecule has 4 nitrogen and oxygen atoms in total. The van der Waals surface area contributed by atoms with Gasteiger partial charge in [-0.2, -0.15) is 5.10 Å². The second kappa shape index (κ2) is 6.40. The third-order valence-electron chi connectivity index (χ3n) is 2.78. The number of nitrogens with zero attached hydrogens (tertiary/aromatic N) is 3. The number of rotatable bonds is 6. The lowest BCUT2D eigenvalue weighted by Crippen LogP contribution is -2.09. The Morgan fingerprint density at radius 1 is 1.28 bits per heavy atom. The summed E-state index contributed by atoms with van der Waals surface area (Å²) >= 11 is 5.70. The topological polar surface area (TPSA) is 42.7 Å². The van der Waals surface area contributed by atoms with Crippen LogP contribution < -0.4 is 5.32 Å². The number of aryl methyl sites for hydroxylation is 2. The van der Waals surface area contributed by atoms with E-state index in [4.69, 9.17) is 11.6 Å². The van der Waals surface area contributed by atoms with E-state index in [1.165, 1.54) is 5.56 Å². The molecule has 0 saturated heterocycles. The summed E-state index contributed by atoms with van der Waals surface area (Å²) in [6, 6.07) is 8.31. The van der Waals surface area contributed by atoms with Gasteiger partial charge >= 0.3 is 0 Å². The number of nitrogens with one attached hydrogen (secondary N) is 1. The molecule has 0 radical (unpaired) electrons. The van der Waals surface area contributed by atoms with Crippen molar-refractivity contribution in [2.24, 2.45) is 0 Å². The minimum absolute atomic E-state index is 0.659. The van der Waals surface area contributed by atoms with E-state index in [-0.39, 0.29) is 0 Å². The molecule has 0 aliphatic heterocycles. The number of hydrogen-bond donors (Lipinski definition) is 1. The van der Waals surface area contributed by atoms with Crippen molar-refractivity contribution in [2.45, 2.75) is 26.4 Å². The van der Waals surface area contributed by atoms with Crippen molar-refractivity contribution in [2.75, 3.05) is 11.2 Å². The quantitative estimate of drug-likeness (QED) is 0.816. The van der Waals surface area contributed by atoms with Crippen molar-refractivity contribution < 1.29 is 0 Å². The molecule has 0 atom stereocenters. The summed E-state index contributed by atoms with van der Waals surface area (Å²) in [5.41, 5.74) is 2.34. The Morgan fingerprint density at radius 3 is 2.72 bits per heavy atom. The van der Waals surface area contributed by atoms with E-state index in [9.17, 15) is 0 Å². The summed E-state index contributed by atoms with van der Waals surface area (Å²) < 4.78 is 1.88. The van der Waals surface area contributed by atoms with Crippen LogP contribution in [0.25, 0.3) is 0 Å². The van der Waals surface area contributed by atoms with Gasteiger partial charge in [0.05, 0.1) is 6.54 Å². The van der Waals surface area contributed by atoms with Crippen LogP contribution in [0.3, 0.4) is 0 Å². The number of hydrogen-bond acceptors (Lipinski definition) is 3. The maximum Gasteiger partial charge on any atom is 0.146 e. The Labute approximate surface area is 112 Å². The number of halogens is 1. The van der Waals surface area contributed by atoms with Gasteiger partial charge in [-0.15, -0.1) is 11.6 Å². The van der Waals surface area contributed by atoms with Crippen LogP contribution in [-0.2, 0) is 19.5 Å². The van der Waals surface area contributed by atoms with Gasteiger partial charge < -0.3 is 5.32 Å². The third kappa shape index (κ3) is 3.23. The molecule has 0 aliphatic rings. The monoisotopic (exact) mass is 264 g/mol. The van der Waals surface area contributed by atoms with Gasteiger partial charge in [0.1, 0.15) is 12.2 Å². The highest BCUT2D eigenvalue weighted by Gasteiger charge is 2.01. The largest absolute Gasteiger partial charge is 0.378 e. The van der Waals surface area contributed by atoms with E-state index < -0.39 is 0 Å². The summed E-state index contributed by atoms with van der Waals surface area (Å²) in [5, 5.41) is 7.47. The van der Waals surface area contributed by atoms with Crippen LogP contribution >= 0.6 is 11.6 Å². The highest BCUT2D eigenvalue weighted by Crippen LogP contribution is 2.11. The van der Waals surface area contributed by atoms with Gasteiger partial charge in [0.15, 0.2) is 0 Å². The van der Waals surface area contributed by atoms with Crippen LogP contribution in [0.5, 0.6) is 0 Å². The van der Waals surface area contributed by atoms with Gasteiger partial charge in [0.2, 0.25) is 0 Å².